The number of aromatic nitrogens is 4. The van der Waals surface area contributed by atoms with Crippen LogP contribution in [0, 0.1) is 6.92 Å². The van der Waals surface area contributed by atoms with Crippen LogP contribution in [0.5, 0.6) is 0 Å². The molecule has 0 unspecified atom stereocenters. The fraction of sp³-hybridized carbons (Fsp3) is 0.417. The first kappa shape index (κ1) is 10.4. The summed E-state index contributed by atoms with van der Waals surface area (Å²) in [5.74, 6) is 1.26. The van der Waals surface area contributed by atoms with Crippen molar-refractivity contribution in [1.82, 2.24) is 19.7 Å². The van der Waals surface area contributed by atoms with Gasteiger partial charge < -0.3 is 5.73 Å². The van der Waals surface area contributed by atoms with Gasteiger partial charge >= 0.3 is 0 Å². The lowest BCUT2D eigenvalue weighted by Gasteiger charge is -2.03. The third-order valence-corrected chi connectivity index (χ3v) is 2.91. The quantitative estimate of drug-likeness (QED) is 0.861. The maximum Gasteiger partial charge on any atom is 0.251 e. The second-order valence-electron chi connectivity index (χ2n) is 4.46. The third kappa shape index (κ3) is 2.06. The molecule has 0 saturated heterocycles. The minimum Gasteiger partial charge on any atom is -0.325 e. The van der Waals surface area contributed by atoms with Gasteiger partial charge in [0.25, 0.3) is 5.95 Å². The average Bonchev–Trinajstić information content (AvgIpc) is 3.06. The molecule has 2 N–H and O–H groups in total. The fourth-order valence-electron chi connectivity index (χ4n) is 1.87. The number of nitrogens with zero attached hydrogens (tertiary/aromatic N) is 4. The lowest BCUT2D eigenvalue weighted by Crippen LogP contribution is -2.08. The molecular formula is C12H15N5. The Morgan fingerprint density at radius 1 is 1.41 bits per heavy atom. The SMILES string of the molecule is Cc1cc(CN)nc(-n2ccc(C3CC3)n2)n1. The van der Waals surface area contributed by atoms with Crippen LogP contribution in [0.2, 0.25) is 0 Å². The molecule has 1 aliphatic carbocycles. The Balaban J connectivity index is 1.98. The van der Waals surface area contributed by atoms with Gasteiger partial charge in [0.05, 0.1) is 11.4 Å². The van der Waals surface area contributed by atoms with Gasteiger partial charge in [-0.25, -0.2) is 14.6 Å². The van der Waals surface area contributed by atoms with Crippen molar-refractivity contribution >= 4 is 0 Å². The van der Waals surface area contributed by atoms with Gasteiger partial charge in [-0.1, -0.05) is 0 Å². The van der Waals surface area contributed by atoms with Gasteiger partial charge in [0.2, 0.25) is 0 Å². The number of aryl methyl sites for hydroxylation is 1. The standard InChI is InChI=1S/C12H15N5/c1-8-6-10(7-13)15-12(14-8)17-5-4-11(16-17)9-2-3-9/h4-6,9H,2-3,7,13H2,1H3. The zero-order valence-electron chi connectivity index (χ0n) is 9.80. The van der Waals surface area contributed by atoms with E-state index in [-0.39, 0.29) is 0 Å². The van der Waals surface area contributed by atoms with E-state index < -0.39 is 0 Å². The van der Waals surface area contributed by atoms with E-state index in [1.54, 1.807) is 4.68 Å². The molecule has 2 aromatic heterocycles. The largest absolute Gasteiger partial charge is 0.325 e. The highest BCUT2D eigenvalue weighted by molar-refractivity contribution is 5.21. The van der Waals surface area contributed by atoms with Crippen LogP contribution in [0.4, 0.5) is 0 Å². The summed E-state index contributed by atoms with van der Waals surface area (Å²) in [6.45, 7) is 2.36. The van der Waals surface area contributed by atoms with E-state index in [2.05, 4.69) is 15.1 Å². The predicted octanol–water partition coefficient (Wildman–Crippen LogP) is 1.31. The number of hydrogen-bond donors (Lipinski definition) is 1. The molecule has 5 nitrogen and oxygen atoms in total. The van der Waals surface area contributed by atoms with E-state index in [1.165, 1.54) is 12.8 Å². The summed E-state index contributed by atoms with van der Waals surface area (Å²) in [6.07, 6.45) is 4.42. The maximum atomic E-state index is 5.61. The Morgan fingerprint density at radius 3 is 2.94 bits per heavy atom. The minimum atomic E-state index is 0.424. The Hall–Kier alpha value is -1.75. The number of hydrogen-bond acceptors (Lipinski definition) is 4. The van der Waals surface area contributed by atoms with E-state index in [9.17, 15) is 0 Å². The predicted molar refractivity (Wildman–Crippen MR) is 63.8 cm³/mol. The second-order valence-corrected chi connectivity index (χ2v) is 4.46. The van der Waals surface area contributed by atoms with Crippen molar-refractivity contribution in [3.05, 3.63) is 35.4 Å². The van der Waals surface area contributed by atoms with Crippen LogP contribution >= 0.6 is 0 Å². The summed E-state index contributed by atoms with van der Waals surface area (Å²) < 4.78 is 1.74. The Bertz CT molecular complexity index is 542. The molecule has 1 saturated carbocycles. The van der Waals surface area contributed by atoms with E-state index in [0.29, 0.717) is 18.4 Å². The van der Waals surface area contributed by atoms with Crippen molar-refractivity contribution in [3.63, 3.8) is 0 Å². The van der Waals surface area contributed by atoms with E-state index >= 15 is 0 Å². The molecule has 17 heavy (non-hydrogen) atoms. The summed E-state index contributed by atoms with van der Waals surface area (Å²) in [7, 11) is 0. The molecule has 1 fully saturated rings. The molecule has 88 valence electrons. The molecular weight excluding hydrogens is 214 g/mol. The molecule has 2 aromatic rings. The third-order valence-electron chi connectivity index (χ3n) is 2.91. The van der Waals surface area contributed by atoms with Crippen molar-refractivity contribution in [1.29, 1.82) is 0 Å². The van der Waals surface area contributed by atoms with Crippen LogP contribution in [0.3, 0.4) is 0 Å². The van der Waals surface area contributed by atoms with E-state index in [1.807, 2.05) is 25.3 Å². The Morgan fingerprint density at radius 2 is 2.24 bits per heavy atom. The van der Waals surface area contributed by atoms with Gasteiger partial charge in [-0.15, -0.1) is 0 Å². The molecule has 0 spiro atoms. The normalized spacial score (nSPS) is 15.2. The van der Waals surface area contributed by atoms with Crippen molar-refractivity contribution in [2.75, 3.05) is 0 Å². The van der Waals surface area contributed by atoms with Crippen LogP contribution in [0.1, 0.15) is 35.8 Å². The van der Waals surface area contributed by atoms with Crippen LogP contribution < -0.4 is 5.73 Å². The van der Waals surface area contributed by atoms with Crippen molar-refractivity contribution in [2.24, 2.45) is 5.73 Å². The topological polar surface area (TPSA) is 69.6 Å². The second kappa shape index (κ2) is 3.92. The van der Waals surface area contributed by atoms with Gasteiger partial charge in [-0.05, 0) is 31.9 Å². The van der Waals surface area contributed by atoms with Gasteiger partial charge in [-0.2, -0.15) is 5.10 Å². The summed E-state index contributed by atoms with van der Waals surface area (Å²) in [6, 6.07) is 3.94. The summed E-state index contributed by atoms with van der Waals surface area (Å²) in [5, 5.41) is 4.51. The highest BCUT2D eigenvalue weighted by Crippen LogP contribution is 2.38. The van der Waals surface area contributed by atoms with Crippen LogP contribution in [-0.2, 0) is 6.54 Å². The highest BCUT2D eigenvalue weighted by Gasteiger charge is 2.26. The smallest absolute Gasteiger partial charge is 0.251 e. The first-order valence-electron chi connectivity index (χ1n) is 5.87. The lowest BCUT2D eigenvalue weighted by atomic mass is 10.3. The van der Waals surface area contributed by atoms with Gasteiger partial charge in [0.15, 0.2) is 0 Å². The van der Waals surface area contributed by atoms with E-state index in [0.717, 1.165) is 17.1 Å². The maximum absolute atomic E-state index is 5.61. The van der Waals surface area contributed by atoms with Gasteiger partial charge in [-0.3, -0.25) is 0 Å². The summed E-state index contributed by atoms with van der Waals surface area (Å²) >= 11 is 0. The van der Waals surface area contributed by atoms with Gasteiger partial charge in [0, 0.05) is 24.4 Å². The molecule has 0 bridgehead atoms. The number of nitrogens with two attached hydrogens (primary N) is 1. The molecule has 5 heteroatoms. The Labute approximate surface area is 99.7 Å². The van der Waals surface area contributed by atoms with Crippen LogP contribution in [0.15, 0.2) is 18.3 Å². The van der Waals surface area contributed by atoms with Crippen molar-refractivity contribution < 1.29 is 0 Å². The molecule has 3 rings (SSSR count). The zero-order valence-corrected chi connectivity index (χ0v) is 9.80. The molecule has 0 aromatic carbocycles. The monoisotopic (exact) mass is 229 g/mol. The first-order chi connectivity index (χ1) is 8.26. The molecule has 2 heterocycles. The average molecular weight is 229 g/mol. The van der Waals surface area contributed by atoms with Crippen LogP contribution in [0.25, 0.3) is 5.95 Å². The molecule has 0 radical (unpaired) electrons. The van der Waals surface area contributed by atoms with Crippen molar-refractivity contribution in [3.8, 4) is 5.95 Å². The fourth-order valence-corrected chi connectivity index (χ4v) is 1.87. The van der Waals surface area contributed by atoms with E-state index in [4.69, 9.17) is 5.73 Å². The highest BCUT2D eigenvalue weighted by atomic mass is 15.3. The van der Waals surface area contributed by atoms with Crippen molar-refractivity contribution in [2.45, 2.75) is 32.2 Å². The summed E-state index contributed by atoms with van der Waals surface area (Å²) in [5.41, 5.74) is 8.51. The molecule has 0 amide bonds. The molecule has 1 aliphatic rings. The van der Waals surface area contributed by atoms with Crippen LogP contribution in [-0.4, -0.2) is 19.7 Å². The molecule has 0 aliphatic heterocycles. The summed E-state index contributed by atoms with van der Waals surface area (Å²) in [4.78, 5) is 8.76. The Kier molecular flexibility index (Phi) is 2.40. The first-order valence-corrected chi connectivity index (χ1v) is 5.87. The lowest BCUT2D eigenvalue weighted by molar-refractivity contribution is 0.763. The van der Waals surface area contributed by atoms with Gasteiger partial charge in [0.1, 0.15) is 0 Å². The number of rotatable bonds is 3. The minimum absolute atomic E-state index is 0.424. The zero-order chi connectivity index (χ0) is 11.8. The molecule has 0 atom stereocenters.